The molecule has 0 radical (unpaired) electrons. The number of anilines is 1. The summed E-state index contributed by atoms with van der Waals surface area (Å²) in [6.07, 6.45) is 3.25. The molecule has 1 aromatic rings. The van der Waals surface area contributed by atoms with Gasteiger partial charge in [-0.05, 0) is 50.5 Å². The van der Waals surface area contributed by atoms with Crippen molar-refractivity contribution in [3.05, 3.63) is 29.8 Å². The van der Waals surface area contributed by atoms with Crippen molar-refractivity contribution >= 4 is 17.4 Å². The van der Waals surface area contributed by atoms with E-state index in [9.17, 15) is 9.59 Å². The highest BCUT2D eigenvalue weighted by atomic mass is 16.2. The maximum Gasteiger partial charge on any atom is 0.229 e. The fraction of sp³-hybridized carbons (Fsp3) is 0.467. The molecule has 2 heterocycles. The second-order valence-electron chi connectivity index (χ2n) is 5.51. The van der Waals surface area contributed by atoms with Crippen LogP contribution in [0.1, 0.15) is 36.5 Å². The summed E-state index contributed by atoms with van der Waals surface area (Å²) in [4.78, 5) is 23.4. The molecule has 0 spiro atoms. The number of Topliss-reactive ketones (excluding diaryl/α,β-unsaturated/α-hetero) is 1. The summed E-state index contributed by atoms with van der Waals surface area (Å²) in [5.74, 6) is 0.219. The van der Waals surface area contributed by atoms with Crippen molar-refractivity contribution in [2.24, 2.45) is 5.92 Å². The van der Waals surface area contributed by atoms with E-state index in [1.54, 1.807) is 24.3 Å². The summed E-state index contributed by atoms with van der Waals surface area (Å²) < 4.78 is 0. The van der Waals surface area contributed by atoms with Gasteiger partial charge in [0.15, 0.2) is 5.78 Å². The van der Waals surface area contributed by atoms with Crippen LogP contribution in [0.5, 0.6) is 0 Å². The Morgan fingerprint density at radius 1 is 1.21 bits per heavy atom. The fourth-order valence-corrected chi connectivity index (χ4v) is 3.14. The van der Waals surface area contributed by atoms with Crippen molar-refractivity contribution in [2.45, 2.75) is 38.3 Å². The molecule has 2 saturated heterocycles. The second kappa shape index (κ2) is 4.78. The maximum absolute atomic E-state index is 12.2. The molecular weight excluding hydrogens is 240 g/mol. The highest BCUT2D eigenvalue weighted by Gasteiger charge is 2.42. The summed E-state index contributed by atoms with van der Waals surface area (Å²) >= 11 is 0. The molecule has 1 amide bonds. The Morgan fingerprint density at radius 2 is 1.95 bits per heavy atom. The van der Waals surface area contributed by atoms with Crippen LogP contribution < -0.4 is 10.6 Å². The first kappa shape index (κ1) is 12.4. The van der Waals surface area contributed by atoms with Gasteiger partial charge < -0.3 is 10.6 Å². The molecule has 3 atom stereocenters. The van der Waals surface area contributed by atoms with Gasteiger partial charge in [-0.25, -0.2) is 0 Å². The minimum Gasteiger partial charge on any atom is -0.326 e. The topological polar surface area (TPSA) is 58.2 Å². The molecule has 0 aromatic heterocycles. The molecule has 4 nitrogen and oxygen atoms in total. The molecule has 2 aliphatic heterocycles. The number of carbonyl (C=O) groups is 2. The standard InChI is InChI=1S/C15H18N2O2/c1-9(18)10-2-4-11(5-3-10)17-15(19)13-8-12-6-7-14(13)16-12/h2-5,12-14,16H,6-8H2,1H3,(H,17,19). The number of amides is 1. The number of nitrogens with one attached hydrogen (secondary N) is 2. The maximum atomic E-state index is 12.2. The minimum absolute atomic E-state index is 0.0372. The molecule has 3 unspecified atom stereocenters. The lowest BCUT2D eigenvalue weighted by Crippen LogP contribution is -2.32. The van der Waals surface area contributed by atoms with Crippen LogP contribution in [-0.4, -0.2) is 23.8 Å². The SMILES string of the molecule is CC(=O)c1ccc(NC(=O)C2CC3CCC2N3)cc1. The van der Waals surface area contributed by atoms with E-state index in [1.807, 2.05) is 0 Å². The molecule has 2 bridgehead atoms. The first-order chi connectivity index (χ1) is 9.13. The van der Waals surface area contributed by atoms with Crippen LogP contribution in [0.2, 0.25) is 0 Å². The van der Waals surface area contributed by atoms with Gasteiger partial charge in [0.25, 0.3) is 0 Å². The number of fused-ring (bicyclic) bond motifs is 2. The number of benzene rings is 1. The lowest BCUT2D eigenvalue weighted by molar-refractivity contribution is -0.120. The van der Waals surface area contributed by atoms with Gasteiger partial charge in [-0.1, -0.05) is 0 Å². The molecular formula is C15H18N2O2. The molecule has 1 aromatic carbocycles. The molecule has 100 valence electrons. The average molecular weight is 258 g/mol. The smallest absolute Gasteiger partial charge is 0.229 e. The van der Waals surface area contributed by atoms with Gasteiger partial charge in [-0.15, -0.1) is 0 Å². The van der Waals surface area contributed by atoms with Crippen LogP contribution >= 0.6 is 0 Å². The summed E-state index contributed by atoms with van der Waals surface area (Å²) in [5, 5.41) is 6.41. The van der Waals surface area contributed by atoms with Gasteiger partial charge >= 0.3 is 0 Å². The number of hydrogen-bond donors (Lipinski definition) is 2. The normalized spacial score (nSPS) is 28.4. The zero-order valence-electron chi connectivity index (χ0n) is 11.0. The first-order valence-electron chi connectivity index (χ1n) is 6.81. The first-order valence-corrected chi connectivity index (χ1v) is 6.81. The van der Waals surface area contributed by atoms with Crippen molar-refractivity contribution < 1.29 is 9.59 Å². The molecule has 3 rings (SSSR count). The fourth-order valence-electron chi connectivity index (χ4n) is 3.14. The van der Waals surface area contributed by atoms with Gasteiger partial charge in [0.2, 0.25) is 5.91 Å². The molecule has 0 saturated carbocycles. The van der Waals surface area contributed by atoms with Crippen LogP contribution in [0, 0.1) is 5.92 Å². The largest absolute Gasteiger partial charge is 0.326 e. The van der Waals surface area contributed by atoms with E-state index < -0.39 is 0 Å². The number of rotatable bonds is 3. The Bertz CT molecular complexity index is 509. The predicted octanol–water partition coefficient (Wildman–Crippen LogP) is 1.97. The van der Waals surface area contributed by atoms with E-state index in [0.29, 0.717) is 17.6 Å². The lowest BCUT2D eigenvalue weighted by Gasteiger charge is -2.19. The molecule has 0 aliphatic carbocycles. The molecule has 2 aliphatic rings. The molecule has 2 fully saturated rings. The third kappa shape index (κ3) is 2.40. The van der Waals surface area contributed by atoms with E-state index >= 15 is 0 Å². The monoisotopic (exact) mass is 258 g/mol. The Labute approximate surface area is 112 Å². The third-order valence-corrected chi connectivity index (χ3v) is 4.20. The van der Waals surface area contributed by atoms with Gasteiger partial charge in [0.05, 0.1) is 5.92 Å². The Kier molecular flexibility index (Phi) is 3.11. The zero-order valence-corrected chi connectivity index (χ0v) is 11.0. The highest BCUT2D eigenvalue weighted by molar-refractivity contribution is 5.96. The van der Waals surface area contributed by atoms with Crippen molar-refractivity contribution in [3.63, 3.8) is 0 Å². The highest BCUT2D eigenvalue weighted by Crippen LogP contribution is 2.33. The summed E-state index contributed by atoms with van der Waals surface area (Å²) in [7, 11) is 0. The number of carbonyl (C=O) groups excluding carboxylic acids is 2. The van der Waals surface area contributed by atoms with Crippen molar-refractivity contribution in [1.29, 1.82) is 0 Å². The Balaban J connectivity index is 1.64. The van der Waals surface area contributed by atoms with Gasteiger partial charge in [0, 0.05) is 23.3 Å². The van der Waals surface area contributed by atoms with Crippen LogP contribution in [0.4, 0.5) is 5.69 Å². The number of ketones is 1. The predicted molar refractivity (Wildman–Crippen MR) is 73.1 cm³/mol. The van der Waals surface area contributed by atoms with Gasteiger partial charge in [-0.3, -0.25) is 9.59 Å². The number of hydrogen-bond acceptors (Lipinski definition) is 3. The van der Waals surface area contributed by atoms with Gasteiger partial charge in [-0.2, -0.15) is 0 Å². The van der Waals surface area contributed by atoms with Crippen molar-refractivity contribution in [2.75, 3.05) is 5.32 Å². The van der Waals surface area contributed by atoms with E-state index in [2.05, 4.69) is 10.6 Å². The van der Waals surface area contributed by atoms with Gasteiger partial charge in [0.1, 0.15) is 0 Å². The second-order valence-corrected chi connectivity index (χ2v) is 5.51. The van der Waals surface area contributed by atoms with Crippen LogP contribution in [-0.2, 0) is 4.79 Å². The van der Waals surface area contributed by atoms with Crippen LogP contribution in [0.15, 0.2) is 24.3 Å². The van der Waals surface area contributed by atoms with Crippen LogP contribution in [0.25, 0.3) is 0 Å². The molecule has 4 heteroatoms. The van der Waals surface area contributed by atoms with E-state index in [1.165, 1.54) is 13.3 Å². The van der Waals surface area contributed by atoms with E-state index in [0.717, 1.165) is 18.5 Å². The third-order valence-electron chi connectivity index (χ3n) is 4.20. The van der Waals surface area contributed by atoms with Crippen molar-refractivity contribution in [1.82, 2.24) is 5.32 Å². The van der Waals surface area contributed by atoms with E-state index in [-0.39, 0.29) is 17.6 Å². The molecule has 19 heavy (non-hydrogen) atoms. The quantitative estimate of drug-likeness (QED) is 0.815. The lowest BCUT2D eigenvalue weighted by atomic mass is 9.88. The summed E-state index contributed by atoms with van der Waals surface area (Å²) in [6, 6.07) is 7.95. The van der Waals surface area contributed by atoms with Crippen molar-refractivity contribution in [3.8, 4) is 0 Å². The summed E-state index contributed by atoms with van der Waals surface area (Å²) in [6.45, 7) is 1.54. The minimum atomic E-state index is 0.0372. The Morgan fingerprint density at radius 3 is 2.47 bits per heavy atom. The molecule has 2 N–H and O–H groups in total. The van der Waals surface area contributed by atoms with Crippen LogP contribution in [0.3, 0.4) is 0 Å². The summed E-state index contributed by atoms with van der Waals surface area (Å²) in [5.41, 5.74) is 1.43. The van der Waals surface area contributed by atoms with E-state index in [4.69, 9.17) is 0 Å². The average Bonchev–Trinajstić information content (AvgIpc) is 3.01. The zero-order chi connectivity index (χ0) is 13.4. The Hall–Kier alpha value is -1.68.